The second-order valence-corrected chi connectivity index (χ2v) is 4.32. The van der Waals surface area contributed by atoms with Crippen molar-refractivity contribution < 1.29 is 4.42 Å². The molecule has 1 aromatic heterocycles. The number of nitrogens with one attached hydrogen (secondary N) is 1. The van der Waals surface area contributed by atoms with Crippen molar-refractivity contribution in [1.29, 1.82) is 0 Å². The molecule has 0 radical (unpaired) electrons. The quantitative estimate of drug-likeness (QED) is 0.771. The minimum Gasteiger partial charge on any atom is -0.443 e. The van der Waals surface area contributed by atoms with Gasteiger partial charge in [-0.3, -0.25) is 0 Å². The summed E-state index contributed by atoms with van der Waals surface area (Å²) in [6.07, 6.45) is 2.71. The largest absolute Gasteiger partial charge is 0.443 e. The summed E-state index contributed by atoms with van der Waals surface area (Å²) in [6, 6.07) is 6.94. The molecule has 3 rings (SSSR count). The van der Waals surface area contributed by atoms with Crippen LogP contribution < -0.4 is 5.32 Å². The van der Waals surface area contributed by atoms with Gasteiger partial charge >= 0.3 is 0 Å². The molecule has 2 unspecified atom stereocenters. The molecule has 1 saturated heterocycles. The van der Waals surface area contributed by atoms with Crippen LogP contribution in [0.25, 0.3) is 11.1 Å². The fraction of sp³-hybridized carbons (Fsp3) is 0.417. The van der Waals surface area contributed by atoms with Gasteiger partial charge in [-0.05, 0) is 37.0 Å². The molecule has 78 valence electrons. The van der Waals surface area contributed by atoms with Crippen molar-refractivity contribution in [3.8, 4) is 0 Å². The van der Waals surface area contributed by atoms with Gasteiger partial charge in [-0.15, -0.1) is 0 Å². The maximum absolute atomic E-state index is 5.31. The van der Waals surface area contributed by atoms with E-state index in [0.29, 0.717) is 12.0 Å². The van der Waals surface area contributed by atoms with Crippen molar-refractivity contribution in [1.82, 2.24) is 10.3 Å². The van der Waals surface area contributed by atoms with E-state index in [1.54, 1.807) is 0 Å². The molecule has 3 nitrogen and oxygen atoms in total. The van der Waals surface area contributed by atoms with Crippen molar-refractivity contribution in [3.63, 3.8) is 0 Å². The maximum Gasteiger partial charge on any atom is 0.181 e. The van der Waals surface area contributed by atoms with Crippen LogP contribution in [0.3, 0.4) is 0 Å². The van der Waals surface area contributed by atoms with E-state index in [4.69, 9.17) is 4.42 Å². The number of aromatic nitrogens is 1. The Morgan fingerprint density at radius 1 is 1.47 bits per heavy atom. The Labute approximate surface area is 88.5 Å². The minimum atomic E-state index is 0.620. The van der Waals surface area contributed by atoms with Crippen LogP contribution >= 0.6 is 0 Å². The lowest BCUT2D eigenvalue weighted by Crippen LogP contribution is -2.16. The third-order valence-electron chi connectivity index (χ3n) is 3.18. The molecule has 0 aliphatic carbocycles. The normalized spacial score (nSPS) is 26.2. The molecule has 3 heteroatoms. The first-order valence-electron chi connectivity index (χ1n) is 5.39. The van der Waals surface area contributed by atoms with Crippen LogP contribution in [0.1, 0.15) is 24.8 Å². The van der Waals surface area contributed by atoms with Crippen LogP contribution in [0.15, 0.2) is 29.0 Å². The summed E-state index contributed by atoms with van der Waals surface area (Å²) in [6.45, 7) is 3.30. The first-order chi connectivity index (χ1) is 7.33. The van der Waals surface area contributed by atoms with E-state index in [-0.39, 0.29) is 0 Å². The van der Waals surface area contributed by atoms with Gasteiger partial charge in [-0.25, -0.2) is 4.98 Å². The van der Waals surface area contributed by atoms with E-state index in [1.165, 1.54) is 18.4 Å². The van der Waals surface area contributed by atoms with Gasteiger partial charge in [0.05, 0.1) is 0 Å². The smallest absolute Gasteiger partial charge is 0.181 e. The Kier molecular flexibility index (Phi) is 1.99. The lowest BCUT2D eigenvalue weighted by atomic mass is 9.96. The number of benzene rings is 1. The molecular formula is C12H14N2O. The molecule has 0 amide bonds. The van der Waals surface area contributed by atoms with Crippen molar-refractivity contribution in [2.24, 2.45) is 0 Å². The number of hydrogen-bond acceptors (Lipinski definition) is 3. The van der Waals surface area contributed by atoms with Gasteiger partial charge in [0.25, 0.3) is 0 Å². The molecule has 1 aliphatic rings. The number of oxazole rings is 1. The third kappa shape index (κ3) is 1.53. The van der Waals surface area contributed by atoms with Crippen LogP contribution in [0, 0.1) is 0 Å². The van der Waals surface area contributed by atoms with Gasteiger partial charge in [0, 0.05) is 12.6 Å². The Balaban J connectivity index is 1.97. The van der Waals surface area contributed by atoms with Gasteiger partial charge < -0.3 is 9.73 Å². The van der Waals surface area contributed by atoms with E-state index in [2.05, 4.69) is 29.4 Å². The number of hydrogen-bond donors (Lipinski definition) is 1. The Morgan fingerprint density at radius 2 is 2.40 bits per heavy atom. The molecule has 0 bridgehead atoms. The maximum atomic E-state index is 5.31. The fourth-order valence-electron chi connectivity index (χ4n) is 2.32. The lowest BCUT2D eigenvalue weighted by Gasteiger charge is -2.07. The van der Waals surface area contributed by atoms with Crippen LogP contribution in [0.2, 0.25) is 0 Å². The summed E-state index contributed by atoms with van der Waals surface area (Å²) < 4.78 is 5.31. The Morgan fingerprint density at radius 3 is 3.20 bits per heavy atom. The van der Waals surface area contributed by atoms with Crippen molar-refractivity contribution >= 4 is 11.1 Å². The van der Waals surface area contributed by atoms with Crippen molar-refractivity contribution in [2.45, 2.75) is 25.3 Å². The van der Waals surface area contributed by atoms with Crippen LogP contribution in [0.4, 0.5) is 0 Å². The zero-order valence-corrected chi connectivity index (χ0v) is 8.73. The topological polar surface area (TPSA) is 38.1 Å². The van der Waals surface area contributed by atoms with E-state index in [9.17, 15) is 0 Å². The van der Waals surface area contributed by atoms with E-state index in [1.807, 2.05) is 6.07 Å². The summed E-state index contributed by atoms with van der Waals surface area (Å²) in [5.41, 5.74) is 3.20. The molecule has 1 N–H and O–H groups in total. The standard InChI is InChI=1S/C12H14N2O/c1-8-4-10(6-13-8)9-2-3-11-12(5-9)15-7-14-11/h2-3,5,7-8,10,13H,4,6H2,1H3. The predicted molar refractivity (Wildman–Crippen MR) is 58.8 cm³/mol. The molecule has 1 aliphatic heterocycles. The second-order valence-electron chi connectivity index (χ2n) is 4.32. The van der Waals surface area contributed by atoms with E-state index in [0.717, 1.165) is 17.6 Å². The number of rotatable bonds is 1. The van der Waals surface area contributed by atoms with Gasteiger partial charge in [-0.2, -0.15) is 0 Å². The van der Waals surface area contributed by atoms with Crippen molar-refractivity contribution in [2.75, 3.05) is 6.54 Å². The summed E-state index contributed by atoms with van der Waals surface area (Å²) in [5.74, 6) is 0.620. The first kappa shape index (κ1) is 8.92. The van der Waals surface area contributed by atoms with Crippen molar-refractivity contribution in [3.05, 3.63) is 30.2 Å². The van der Waals surface area contributed by atoms with Gasteiger partial charge in [0.15, 0.2) is 12.0 Å². The van der Waals surface area contributed by atoms with Crippen LogP contribution in [-0.4, -0.2) is 17.6 Å². The monoisotopic (exact) mass is 202 g/mol. The average molecular weight is 202 g/mol. The molecule has 15 heavy (non-hydrogen) atoms. The van der Waals surface area contributed by atoms with Crippen LogP contribution in [0.5, 0.6) is 0 Å². The van der Waals surface area contributed by atoms with Gasteiger partial charge in [0.1, 0.15) is 5.52 Å². The number of fused-ring (bicyclic) bond motifs is 1. The van der Waals surface area contributed by atoms with Gasteiger partial charge in [-0.1, -0.05) is 6.07 Å². The highest BCUT2D eigenvalue weighted by Gasteiger charge is 2.22. The second kappa shape index (κ2) is 3.35. The predicted octanol–water partition coefficient (Wildman–Crippen LogP) is 2.29. The lowest BCUT2D eigenvalue weighted by molar-refractivity contribution is 0.600. The SMILES string of the molecule is CC1CC(c2ccc3ncoc3c2)CN1. The molecule has 2 aromatic rings. The first-order valence-corrected chi connectivity index (χ1v) is 5.39. The summed E-state index contributed by atoms with van der Waals surface area (Å²) in [4.78, 5) is 4.12. The minimum absolute atomic E-state index is 0.620. The summed E-state index contributed by atoms with van der Waals surface area (Å²) >= 11 is 0. The zero-order chi connectivity index (χ0) is 10.3. The summed E-state index contributed by atoms with van der Waals surface area (Å²) in [7, 11) is 0. The summed E-state index contributed by atoms with van der Waals surface area (Å²) in [5, 5.41) is 3.46. The Hall–Kier alpha value is -1.35. The highest BCUT2D eigenvalue weighted by molar-refractivity contribution is 5.72. The highest BCUT2D eigenvalue weighted by Crippen LogP contribution is 2.27. The molecule has 1 aromatic carbocycles. The Bertz CT molecular complexity index is 477. The third-order valence-corrected chi connectivity index (χ3v) is 3.18. The fourth-order valence-corrected chi connectivity index (χ4v) is 2.32. The molecule has 0 spiro atoms. The molecule has 0 saturated carbocycles. The molecular weight excluding hydrogens is 188 g/mol. The highest BCUT2D eigenvalue weighted by atomic mass is 16.3. The van der Waals surface area contributed by atoms with Gasteiger partial charge in [0.2, 0.25) is 0 Å². The van der Waals surface area contributed by atoms with E-state index >= 15 is 0 Å². The number of nitrogens with zero attached hydrogens (tertiary/aromatic N) is 1. The van der Waals surface area contributed by atoms with E-state index < -0.39 is 0 Å². The molecule has 2 atom stereocenters. The molecule has 2 heterocycles. The average Bonchev–Trinajstić information content (AvgIpc) is 2.84. The molecule has 1 fully saturated rings. The zero-order valence-electron chi connectivity index (χ0n) is 8.73. The van der Waals surface area contributed by atoms with Crippen LogP contribution in [-0.2, 0) is 0 Å².